The van der Waals surface area contributed by atoms with Crippen molar-refractivity contribution in [3.63, 3.8) is 0 Å². The summed E-state index contributed by atoms with van der Waals surface area (Å²) in [6, 6.07) is 1.16. The average Bonchev–Trinajstić information content (AvgIpc) is 3.02. The first-order valence-electron chi connectivity index (χ1n) is 10.3. The smallest absolute Gasteiger partial charge is 0.409 e. The van der Waals surface area contributed by atoms with Gasteiger partial charge < -0.3 is 19.4 Å². The van der Waals surface area contributed by atoms with Gasteiger partial charge in [-0.1, -0.05) is 12.2 Å². The molecule has 0 spiro atoms. The predicted molar refractivity (Wildman–Crippen MR) is 104 cm³/mol. The van der Waals surface area contributed by atoms with Crippen molar-refractivity contribution in [2.75, 3.05) is 33.3 Å². The van der Waals surface area contributed by atoms with Gasteiger partial charge in [-0.05, 0) is 38.0 Å². The van der Waals surface area contributed by atoms with Gasteiger partial charge >= 0.3 is 6.09 Å². The summed E-state index contributed by atoms with van der Waals surface area (Å²) in [5.74, 6) is 0.705. The largest absolute Gasteiger partial charge is 0.453 e. The molecule has 3 fully saturated rings. The molecule has 27 heavy (non-hydrogen) atoms. The molecule has 3 aliphatic heterocycles. The number of hydrogen-bond donors (Lipinski definition) is 0. The molecule has 3 heterocycles. The lowest BCUT2D eigenvalue weighted by Gasteiger charge is -2.44. The zero-order chi connectivity index (χ0) is 19.0. The standard InChI is InChI=1S/C20H30ClN3O3/c1-27-20(26)23-10-4-16(5-11-23)22-8-6-17(7-9-22)24-18-3-2-15(21)12-14(18)13-19(24)25/h2-3,14-18H,4-13H2,1H3. The van der Waals surface area contributed by atoms with Crippen molar-refractivity contribution in [2.24, 2.45) is 5.92 Å². The molecule has 0 saturated carbocycles. The summed E-state index contributed by atoms with van der Waals surface area (Å²) in [6.07, 6.45) is 9.71. The molecule has 0 radical (unpaired) electrons. The Morgan fingerprint density at radius 3 is 2.41 bits per heavy atom. The van der Waals surface area contributed by atoms with E-state index in [1.54, 1.807) is 4.90 Å². The third-order valence-corrected chi connectivity index (χ3v) is 7.20. The predicted octanol–water partition coefficient (Wildman–Crippen LogP) is 2.47. The summed E-state index contributed by atoms with van der Waals surface area (Å²) >= 11 is 6.25. The Morgan fingerprint density at radius 2 is 1.74 bits per heavy atom. The van der Waals surface area contributed by atoms with Crippen LogP contribution in [0.3, 0.4) is 0 Å². The molecule has 3 atom stereocenters. The zero-order valence-electron chi connectivity index (χ0n) is 16.1. The normalized spacial score (nSPS) is 33.4. The highest BCUT2D eigenvalue weighted by molar-refractivity contribution is 6.21. The quantitative estimate of drug-likeness (QED) is 0.532. The number of alkyl halides is 1. The molecule has 150 valence electrons. The minimum Gasteiger partial charge on any atom is -0.453 e. The van der Waals surface area contributed by atoms with Crippen molar-refractivity contribution < 1.29 is 14.3 Å². The van der Waals surface area contributed by atoms with Crippen molar-refractivity contribution in [2.45, 2.75) is 62.0 Å². The van der Waals surface area contributed by atoms with E-state index in [9.17, 15) is 9.59 Å². The summed E-state index contributed by atoms with van der Waals surface area (Å²) in [5, 5.41) is 0.0803. The van der Waals surface area contributed by atoms with Crippen LogP contribution in [0.25, 0.3) is 0 Å². The van der Waals surface area contributed by atoms with Gasteiger partial charge in [-0.2, -0.15) is 0 Å². The van der Waals surface area contributed by atoms with Crippen molar-refractivity contribution in [3.8, 4) is 0 Å². The van der Waals surface area contributed by atoms with E-state index in [2.05, 4.69) is 22.0 Å². The zero-order valence-corrected chi connectivity index (χ0v) is 16.8. The summed E-state index contributed by atoms with van der Waals surface area (Å²) in [7, 11) is 1.44. The van der Waals surface area contributed by atoms with Gasteiger partial charge in [0.15, 0.2) is 0 Å². The molecule has 1 aliphatic carbocycles. The molecule has 2 amide bonds. The first-order valence-corrected chi connectivity index (χ1v) is 10.7. The third-order valence-electron chi connectivity index (χ3n) is 6.88. The number of hydrogen-bond acceptors (Lipinski definition) is 4. The van der Waals surface area contributed by atoms with Crippen molar-refractivity contribution in [1.82, 2.24) is 14.7 Å². The Bertz CT molecular complexity index is 597. The van der Waals surface area contributed by atoms with Crippen molar-refractivity contribution in [3.05, 3.63) is 12.2 Å². The molecule has 4 rings (SSSR count). The monoisotopic (exact) mass is 395 g/mol. The highest BCUT2D eigenvalue weighted by atomic mass is 35.5. The van der Waals surface area contributed by atoms with Crippen LogP contribution in [0.5, 0.6) is 0 Å². The highest BCUT2D eigenvalue weighted by Gasteiger charge is 2.44. The maximum atomic E-state index is 12.6. The van der Waals surface area contributed by atoms with Crippen molar-refractivity contribution in [1.29, 1.82) is 0 Å². The van der Waals surface area contributed by atoms with Gasteiger partial charge in [0.25, 0.3) is 0 Å². The van der Waals surface area contributed by atoms with Gasteiger partial charge in [0, 0.05) is 44.7 Å². The fourth-order valence-corrected chi connectivity index (χ4v) is 5.75. The van der Waals surface area contributed by atoms with E-state index < -0.39 is 0 Å². The van der Waals surface area contributed by atoms with Gasteiger partial charge in [-0.15, -0.1) is 11.6 Å². The SMILES string of the molecule is COC(=O)N1CCC(N2CCC(N3C(=O)CC4CC(Cl)C=CC43)CC2)CC1. The minimum atomic E-state index is -0.214. The molecular weight excluding hydrogens is 366 g/mol. The second-order valence-corrected chi connectivity index (χ2v) is 8.91. The number of amides is 2. The highest BCUT2D eigenvalue weighted by Crippen LogP contribution is 2.38. The Morgan fingerprint density at radius 1 is 1.07 bits per heavy atom. The maximum Gasteiger partial charge on any atom is 0.409 e. The van der Waals surface area contributed by atoms with Crippen LogP contribution in [-0.2, 0) is 9.53 Å². The van der Waals surface area contributed by atoms with Crippen LogP contribution in [0.4, 0.5) is 4.79 Å². The van der Waals surface area contributed by atoms with E-state index in [1.807, 2.05) is 0 Å². The molecule has 4 aliphatic rings. The lowest BCUT2D eigenvalue weighted by molar-refractivity contribution is -0.131. The first kappa shape index (κ1) is 19.1. The number of piperidine rings is 2. The molecule has 0 N–H and O–H groups in total. The molecule has 0 aromatic heterocycles. The van der Waals surface area contributed by atoms with Crippen LogP contribution in [0.1, 0.15) is 38.5 Å². The Kier molecular flexibility index (Phi) is 5.65. The molecule has 3 saturated heterocycles. The number of likely N-dealkylation sites (tertiary alicyclic amines) is 3. The second kappa shape index (κ2) is 8.00. The third kappa shape index (κ3) is 3.83. The maximum absolute atomic E-state index is 12.6. The Hall–Kier alpha value is -1.27. The number of halogens is 1. The number of ether oxygens (including phenoxy) is 1. The molecule has 0 aromatic rings. The second-order valence-electron chi connectivity index (χ2n) is 8.35. The lowest BCUT2D eigenvalue weighted by atomic mass is 9.89. The number of rotatable bonds is 2. The van der Waals surface area contributed by atoms with Gasteiger partial charge in [0.2, 0.25) is 5.91 Å². The van der Waals surface area contributed by atoms with Crippen LogP contribution in [0.2, 0.25) is 0 Å². The van der Waals surface area contributed by atoms with Crippen molar-refractivity contribution >= 4 is 23.6 Å². The number of carbonyl (C=O) groups is 2. The Labute approximate surface area is 166 Å². The van der Waals surface area contributed by atoms with E-state index in [-0.39, 0.29) is 17.5 Å². The Balaban J connectivity index is 1.30. The average molecular weight is 396 g/mol. The molecule has 0 aromatic carbocycles. The van der Waals surface area contributed by atoms with Crippen LogP contribution in [-0.4, -0.2) is 83.5 Å². The van der Waals surface area contributed by atoms with E-state index in [1.165, 1.54) is 7.11 Å². The lowest BCUT2D eigenvalue weighted by Crippen LogP contribution is -2.53. The van der Waals surface area contributed by atoms with Crippen LogP contribution < -0.4 is 0 Å². The number of methoxy groups -OCH3 is 1. The van der Waals surface area contributed by atoms with Gasteiger partial charge in [-0.3, -0.25) is 4.79 Å². The fourth-order valence-electron chi connectivity index (χ4n) is 5.44. The van der Waals surface area contributed by atoms with Gasteiger partial charge in [0.05, 0.1) is 18.5 Å². The number of nitrogens with zero attached hydrogens (tertiary/aromatic N) is 3. The van der Waals surface area contributed by atoms with E-state index in [4.69, 9.17) is 16.3 Å². The summed E-state index contributed by atoms with van der Waals surface area (Å²) in [5.41, 5.74) is 0. The minimum absolute atomic E-state index is 0.0803. The summed E-state index contributed by atoms with van der Waals surface area (Å²) in [4.78, 5) is 30.8. The molecule has 7 heteroatoms. The topological polar surface area (TPSA) is 53.1 Å². The van der Waals surface area contributed by atoms with E-state index in [0.717, 1.165) is 58.3 Å². The number of carbonyl (C=O) groups excluding carboxylic acids is 2. The molecule has 3 unspecified atom stereocenters. The number of allylic oxidation sites excluding steroid dienone is 1. The molecule has 6 nitrogen and oxygen atoms in total. The fraction of sp³-hybridized carbons (Fsp3) is 0.800. The summed E-state index contributed by atoms with van der Waals surface area (Å²) in [6.45, 7) is 3.62. The molecular formula is C20H30ClN3O3. The van der Waals surface area contributed by atoms with Gasteiger partial charge in [-0.25, -0.2) is 4.79 Å². The first-order chi connectivity index (χ1) is 13.1. The van der Waals surface area contributed by atoms with Gasteiger partial charge in [0.1, 0.15) is 0 Å². The van der Waals surface area contributed by atoms with E-state index >= 15 is 0 Å². The number of fused-ring (bicyclic) bond motifs is 1. The van der Waals surface area contributed by atoms with Crippen LogP contribution in [0.15, 0.2) is 12.2 Å². The summed E-state index contributed by atoms with van der Waals surface area (Å²) < 4.78 is 4.82. The van der Waals surface area contributed by atoms with E-state index in [0.29, 0.717) is 30.3 Å². The molecule has 0 bridgehead atoms. The van der Waals surface area contributed by atoms with Crippen LogP contribution in [0, 0.1) is 5.92 Å². The van der Waals surface area contributed by atoms with Crippen LogP contribution >= 0.6 is 11.6 Å².